The van der Waals surface area contributed by atoms with Crippen molar-refractivity contribution in [3.8, 4) is 0 Å². The van der Waals surface area contributed by atoms with E-state index in [0.717, 1.165) is 24.4 Å². The highest BCUT2D eigenvalue weighted by Crippen LogP contribution is 2.25. The molecule has 0 saturated carbocycles. The van der Waals surface area contributed by atoms with Gasteiger partial charge >= 0.3 is 0 Å². The molecule has 0 radical (unpaired) electrons. The second-order valence-electron chi connectivity index (χ2n) is 7.21. The van der Waals surface area contributed by atoms with Gasteiger partial charge in [-0.05, 0) is 35.6 Å². The molecule has 0 aliphatic carbocycles. The van der Waals surface area contributed by atoms with Crippen LogP contribution in [0.25, 0.3) is 0 Å². The first-order valence-electron chi connectivity index (χ1n) is 9.40. The summed E-state index contributed by atoms with van der Waals surface area (Å²) < 4.78 is 0. The molecule has 132 valence electrons. The number of hydrogen-bond acceptors (Lipinski definition) is 0. The Balaban J connectivity index is 1.65. The molecule has 2 nitrogen and oxygen atoms in total. The molecule has 2 aromatic rings. The van der Waals surface area contributed by atoms with Crippen molar-refractivity contribution in [1.82, 2.24) is 0 Å². The molecule has 2 aromatic carbocycles. The number of halogens is 1. The predicted molar refractivity (Wildman–Crippen MR) is 106 cm³/mol. The number of nitrogens with one attached hydrogen (secondary N) is 2. The van der Waals surface area contributed by atoms with Gasteiger partial charge in [0.15, 0.2) is 5.71 Å². The summed E-state index contributed by atoms with van der Waals surface area (Å²) in [5.74, 6) is 0.518. The quantitative estimate of drug-likeness (QED) is 0.787. The van der Waals surface area contributed by atoms with Crippen molar-refractivity contribution in [2.45, 2.75) is 31.6 Å². The van der Waals surface area contributed by atoms with Crippen LogP contribution in [0.15, 0.2) is 54.6 Å². The van der Waals surface area contributed by atoms with Crippen LogP contribution >= 0.6 is 11.6 Å². The Kier molecular flexibility index (Phi) is 6.66. The maximum Gasteiger partial charge on any atom is 0.162 e. The van der Waals surface area contributed by atoms with E-state index in [1.807, 2.05) is 12.1 Å². The van der Waals surface area contributed by atoms with E-state index in [1.165, 1.54) is 37.1 Å². The van der Waals surface area contributed by atoms with E-state index in [-0.39, 0.29) is 0 Å². The highest BCUT2D eigenvalue weighted by molar-refractivity contribution is 6.30. The van der Waals surface area contributed by atoms with Gasteiger partial charge in [0.05, 0.1) is 33.0 Å². The van der Waals surface area contributed by atoms with Gasteiger partial charge in [-0.2, -0.15) is 0 Å². The molecule has 0 spiro atoms. The van der Waals surface area contributed by atoms with Gasteiger partial charge in [-0.3, -0.25) is 0 Å². The number of hydrogen-bond donors (Lipinski definition) is 2. The van der Waals surface area contributed by atoms with E-state index < -0.39 is 0 Å². The zero-order valence-corrected chi connectivity index (χ0v) is 15.9. The topological polar surface area (TPSA) is 18.4 Å². The van der Waals surface area contributed by atoms with Gasteiger partial charge in [-0.15, -0.1) is 0 Å². The Bertz CT molecular complexity index is 669. The number of piperidine rings is 1. The SMILES string of the molecule is C[NH+]1CCC(=[NH+]CC[C@@H](Cc2ccccc2)c2ccc(Cl)cc2)CC1. The van der Waals surface area contributed by atoms with Crippen molar-refractivity contribution in [1.29, 1.82) is 0 Å². The molecule has 25 heavy (non-hydrogen) atoms. The van der Waals surface area contributed by atoms with Crippen molar-refractivity contribution in [2.75, 3.05) is 26.7 Å². The number of rotatable bonds is 6. The van der Waals surface area contributed by atoms with Crippen LogP contribution in [0.5, 0.6) is 0 Å². The van der Waals surface area contributed by atoms with Crippen LogP contribution in [-0.4, -0.2) is 32.4 Å². The second kappa shape index (κ2) is 9.17. The Hall–Kier alpha value is -1.64. The van der Waals surface area contributed by atoms with Gasteiger partial charge in [0.2, 0.25) is 0 Å². The van der Waals surface area contributed by atoms with Crippen LogP contribution in [0.1, 0.15) is 36.3 Å². The molecular weight excluding hydrogens is 328 g/mol. The van der Waals surface area contributed by atoms with Crippen molar-refractivity contribution >= 4 is 17.3 Å². The summed E-state index contributed by atoms with van der Waals surface area (Å²) in [6, 6.07) is 19.2. The van der Waals surface area contributed by atoms with Gasteiger partial charge in [0, 0.05) is 11.4 Å². The van der Waals surface area contributed by atoms with E-state index >= 15 is 0 Å². The minimum Gasteiger partial charge on any atom is -0.336 e. The molecule has 3 heteroatoms. The summed E-state index contributed by atoms with van der Waals surface area (Å²) in [4.78, 5) is 5.36. The largest absolute Gasteiger partial charge is 0.336 e. The van der Waals surface area contributed by atoms with Crippen LogP contribution in [0.3, 0.4) is 0 Å². The molecule has 0 aromatic heterocycles. The van der Waals surface area contributed by atoms with E-state index in [2.05, 4.69) is 54.5 Å². The van der Waals surface area contributed by atoms with Crippen molar-refractivity contribution < 1.29 is 9.89 Å². The first kappa shape index (κ1) is 18.2. The molecule has 1 atom stereocenters. The van der Waals surface area contributed by atoms with E-state index in [0.29, 0.717) is 5.92 Å². The molecule has 0 amide bonds. The molecule has 1 fully saturated rings. The fourth-order valence-electron chi connectivity index (χ4n) is 3.60. The van der Waals surface area contributed by atoms with Crippen LogP contribution in [0.4, 0.5) is 0 Å². The lowest BCUT2D eigenvalue weighted by molar-refractivity contribution is -0.881. The lowest BCUT2D eigenvalue weighted by Gasteiger charge is -2.18. The maximum atomic E-state index is 6.08. The molecule has 2 N–H and O–H groups in total. The minimum absolute atomic E-state index is 0.518. The Morgan fingerprint density at radius 3 is 2.36 bits per heavy atom. The van der Waals surface area contributed by atoms with Crippen LogP contribution in [0.2, 0.25) is 5.02 Å². The fraction of sp³-hybridized carbons (Fsp3) is 0.409. The maximum absolute atomic E-state index is 6.08. The summed E-state index contributed by atoms with van der Waals surface area (Å²) in [6.45, 7) is 3.56. The van der Waals surface area contributed by atoms with Gasteiger partial charge in [-0.25, -0.2) is 4.99 Å². The highest BCUT2D eigenvalue weighted by Gasteiger charge is 2.19. The molecule has 1 aliphatic rings. The predicted octanol–water partition coefficient (Wildman–Crippen LogP) is 1.89. The first-order valence-corrected chi connectivity index (χ1v) is 9.78. The second-order valence-corrected chi connectivity index (χ2v) is 7.65. The Labute approximate surface area is 156 Å². The van der Waals surface area contributed by atoms with Crippen molar-refractivity contribution in [3.05, 3.63) is 70.7 Å². The molecule has 0 unspecified atom stereocenters. The summed E-state index contributed by atoms with van der Waals surface area (Å²) in [5.41, 5.74) is 4.33. The van der Waals surface area contributed by atoms with E-state index in [9.17, 15) is 0 Å². The molecular formula is C22H29ClN2+2. The minimum atomic E-state index is 0.518. The third kappa shape index (κ3) is 5.69. The lowest BCUT2D eigenvalue weighted by Crippen LogP contribution is -3.10. The van der Waals surface area contributed by atoms with E-state index in [1.54, 1.807) is 10.6 Å². The van der Waals surface area contributed by atoms with E-state index in [4.69, 9.17) is 11.6 Å². The fourth-order valence-corrected chi connectivity index (χ4v) is 3.72. The zero-order chi connectivity index (χ0) is 17.5. The third-order valence-electron chi connectivity index (χ3n) is 5.24. The average Bonchev–Trinajstić information content (AvgIpc) is 2.64. The van der Waals surface area contributed by atoms with Gasteiger partial charge in [-0.1, -0.05) is 54.1 Å². The summed E-state index contributed by atoms with van der Waals surface area (Å²) in [6.07, 6.45) is 4.65. The van der Waals surface area contributed by atoms with Gasteiger partial charge < -0.3 is 4.90 Å². The Morgan fingerprint density at radius 1 is 1.00 bits per heavy atom. The van der Waals surface area contributed by atoms with Crippen LogP contribution in [0, 0.1) is 0 Å². The summed E-state index contributed by atoms with van der Waals surface area (Å²) in [7, 11) is 2.28. The number of benzene rings is 2. The molecule has 1 heterocycles. The first-order chi connectivity index (χ1) is 12.2. The monoisotopic (exact) mass is 356 g/mol. The molecule has 0 bridgehead atoms. The lowest BCUT2D eigenvalue weighted by atomic mass is 9.89. The number of likely N-dealkylation sites (tertiary alicyclic amines) is 1. The van der Waals surface area contributed by atoms with Crippen molar-refractivity contribution in [3.63, 3.8) is 0 Å². The average molecular weight is 357 g/mol. The standard InChI is InChI=1S/C22H27ClN2/c1-25-15-12-22(13-16-25)24-14-11-20(17-18-5-3-2-4-6-18)19-7-9-21(23)10-8-19/h2-10,20H,11-17H2,1H3/p+2/t20-/m0/s1. The molecule has 1 aliphatic heterocycles. The molecule has 3 rings (SSSR count). The molecule has 1 saturated heterocycles. The van der Waals surface area contributed by atoms with Gasteiger partial charge in [0.25, 0.3) is 0 Å². The highest BCUT2D eigenvalue weighted by atomic mass is 35.5. The smallest absolute Gasteiger partial charge is 0.162 e. The zero-order valence-electron chi connectivity index (χ0n) is 15.1. The third-order valence-corrected chi connectivity index (χ3v) is 5.49. The summed E-state index contributed by atoms with van der Waals surface area (Å²) in [5, 5.41) is 0.810. The van der Waals surface area contributed by atoms with Crippen molar-refractivity contribution in [2.24, 2.45) is 0 Å². The van der Waals surface area contributed by atoms with Crippen LogP contribution < -0.4 is 9.89 Å². The van der Waals surface area contributed by atoms with Gasteiger partial charge in [0.1, 0.15) is 6.54 Å². The summed E-state index contributed by atoms with van der Waals surface area (Å²) >= 11 is 6.08. The normalized spacial score (nSPS) is 18.8. The Morgan fingerprint density at radius 2 is 1.68 bits per heavy atom. The van der Waals surface area contributed by atoms with Crippen LogP contribution in [-0.2, 0) is 6.42 Å². The number of quaternary nitrogens is 1.